The number of carbonyl (C=O) groups excluding carboxylic acids is 2. The normalized spacial score (nSPS) is 25.9. The minimum Gasteiger partial charge on any atom is -0.368 e. The first-order chi connectivity index (χ1) is 12.8. The van der Waals surface area contributed by atoms with E-state index in [0.717, 1.165) is 12.1 Å². The van der Waals surface area contributed by atoms with Crippen LogP contribution in [0.4, 0.5) is 13.2 Å². The molecule has 4 rings (SSSR count). The number of hydrogen-bond acceptors (Lipinski definition) is 5. The highest BCUT2D eigenvalue weighted by Crippen LogP contribution is 2.44. The van der Waals surface area contributed by atoms with Gasteiger partial charge in [-0.25, -0.2) is 0 Å². The van der Waals surface area contributed by atoms with Crippen LogP contribution < -0.4 is 0 Å². The maximum atomic E-state index is 13.3. The summed E-state index contributed by atoms with van der Waals surface area (Å²) in [5.41, 5.74) is 0.163. The number of fused-ring (bicyclic) bond motifs is 1. The molecule has 2 atom stereocenters. The Morgan fingerprint density at radius 1 is 1.04 bits per heavy atom. The number of carbonyl (C=O) groups is 2. The van der Waals surface area contributed by atoms with Crippen LogP contribution in [-0.4, -0.2) is 43.7 Å². The minimum absolute atomic E-state index is 0.0572. The maximum absolute atomic E-state index is 13.3. The molecule has 27 heavy (non-hydrogen) atoms. The van der Waals surface area contributed by atoms with E-state index in [1.54, 1.807) is 0 Å². The Labute approximate surface area is 156 Å². The molecule has 0 aliphatic carbocycles. The number of ether oxygens (including phenoxy) is 2. The number of halogens is 4. The van der Waals surface area contributed by atoms with Crippen molar-refractivity contribution in [2.75, 3.05) is 26.4 Å². The average molecular weight is 400 g/mol. The van der Waals surface area contributed by atoms with Gasteiger partial charge in [0.15, 0.2) is 11.6 Å². The Hall–Kier alpha value is -2.03. The number of ketones is 2. The third-order valence-corrected chi connectivity index (χ3v) is 5.19. The smallest absolute Gasteiger partial charge is 0.368 e. The van der Waals surface area contributed by atoms with Crippen LogP contribution >= 0.6 is 11.6 Å². The van der Waals surface area contributed by atoms with Crippen LogP contribution in [0.3, 0.4) is 0 Å². The summed E-state index contributed by atoms with van der Waals surface area (Å²) < 4.78 is 50.4. The number of alkyl halides is 3. The van der Waals surface area contributed by atoms with Crippen molar-refractivity contribution >= 4 is 28.9 Å². The summed E-state index contributed by atoms with van der Waals surface area (Å²) in [5, 5.41) is -0.443. The van der Waals surface area contributed by atoms with Crippen molar-refractivity contribution in [3.8, 4) is 0 Å². The SMILES string of the molecule is O=C1COCC2=C1C(c1ccc(Cl)c(C(F)(F)F)c1)C1C(=O)COCC1=N2. The van der Waals surface area contributed by atoms with Crippen molar-refractivity contribution in [3.05, 3.63) is 45.6 Å². The second kappa shape index (κ2) is 6.54. The lowest BCUT2D eigenvalue weighted by Gasteiger charge is -2.37. The molecule has 9 heteroatoms. The molecule has 0 saturated carbocycles. The number of Topliss-reactive ketones (excluding diaryl/α,β-unsaturated/α-hetero) is 2. The molecule has 0 N–H and O–H groups in total. The minimum atomic E-state index is -4.66. The van der Waals surface area contributed by atoms with Gasteiger partial charge in [-0.15, -0.1) is 0 Å². The standard InChI is InChI=1S/C18H13ClF3NO4/c19-10-2-1-8(3-9(10)18(20,21)22)15-16-11(4-26-6-13(16)24)23-12-5-27-7-14(25)17(12)15/h1-3,15-16H,4-7H2. The number of nitrogens with zero attached hydrogens (tertiary/aromatic N) is 1. The molecule has 0 amide bonds. The molecular weight excluding hydrogens is 387 g/mol. The van der Waals surface area contributed by atoms with E-state index in [1.165, 1.54) is 6.07 Å². The topological polar surface area (TPSA) is 65.0 Å². The van der Waals surface area contributed by atoms with E-state index >= 15 is 0 Å². The number of hydrogen-bond donors (Lipinski definition) is 0. The molecule has 3 heterocycles. The molecule has 3 aliphatic heterocycles. The molecule has 142 valence electrons. The van der Waals surface area contributed by atoms with Crippen molar-refractivity contribution in [1.82, 2.24) is 0 Å². The fourth-order valence-electron chi connectivity index (χ4n) is 3.76. The maximum Gasteiger partial charge on any atom is 0.417 e. The first-order valence-electron chi connectivity index (χ1n) is 8.16. The molecule has 0 aromatic heterocycles. The van der Waals surface area contributed by atoms with Crippen LogP contribution in [-0.2, 0) is 25.2 Å². The van der Waals surface area contributed by atoms with E-state index < -0.39 is 28.6 Å². The Balaban J connectivity index is 1.91. The molecule has 1 fully saturated rings. The highest BCUT2D eigenvalue weighted by atomic mass is 35.5. The van der Waals surface area contributed by atoms with Crippen LogP contribution in [0.15, 0.2) is 34.5 Å². The number of rotatable bonds is 1. The van der Waals surface area contributed by atoms with E-state index in [9.17, 15) is 22.8 Å². The van der Waals surface area contributed by atoms with E-state index in [0.29, 0.717) is 11.4 Å². The molecule has 3 aliphatic rings. The molecular formula is C18H13ClF3NO4. The lowest BCUT2D eigenvalue weighted by Crippen LogP contribution is -2.45. The van der Waals surface area contributed by atoms with Crippen LogP contribution in [0.2, 0.25) is 5.02 Å². The summed E-state index contributed by atoms with van der Waals surface area (Å²) in [4.78, 5) is 29.4. The Kier molecular flexibility index (Phi) is 4.44. The number of benzene rings is 1. The summed E-state index contributed by atoms with van der Waals surface area (Å²) in [7, 11) is 0. The molecule has 2 unspecified atom stereocenters. The van der Waals surface area contributed by atoms with E-state index in [2.05, 4.69) is 4.99 Å². The lowest BCUT2D eigenvalue weighted by atomic mass is 9.71. The van der Waals surface area contributed by atoms with Gasteiger partial charge < -0.3 is 9.47 Å². The quantitative estimate of drug-likeness (QED) is 0.728. The number of aliphatic imine (C=N–C) groups is 1. The zero-order chi connectivity index (χ0) is 19.3. The summed E-state index contributed by atoms with van der Waals surface area (Å²) >= 11 is 5.72. The van der Waals surface area contributed by atoms with Gasteiger partial charge in [0.1, 0.15) is 13.2 Å². The molecule has 0 bridgehead atoms. The largest absolute Gasteiger partial charge is 0.417 e. The van der Waals surface area contributed by atoms with Gasteiger partial charge >= 0.3 is 6.18 Å². The summed E-state index contributed by atoms with van der Waals surface area (Å²) in [6, 6.07) is 3.46. The van der Waals surface area contributed by atoms with Crippen molar-refractivity contribution in [2.45, 2.75) is 12.1 Å². The highest BCUT2D eigenvalue weighted by molar-refractivity contribution is 6.31. The highest BCUT2D eigenvalue weighted by Gasteiger charge is 2.46. The zero-order valence-corrected chi connectivity index (χ0v) is 14.6. The van der Waals surface area contributed by atoms with Crippen LogP contribution in [0.25, 0.3) is 0 Å². The van der Waals surface area contributed by atoms with E-state index in [-0.39, 0.29) is 49.1 Å². The predicted octanol–water partition coefficient (Wildman–Crippen LogP) is 2.97. The average Bonchev–Trinajstić information content (AvgIpc) is 2.60. The lowest BCUT2D eigenvalue weighted by molar-refractivity contribution is -0.137. The van der Waals surface area contributed by atoms with Gasteiger partial charge in [0.25, 0.3) is 0 Å². The Morgan fingerprint density at radius 2 is 1.78 bits per heavy atom. The summed E-state index contributed by atoms with van der Waals surface area (Å²) in [5.74, 6) is -2.40. The molecule has 0 spiro atoms. The molecule has 0 radical (unpaired) electrons. The van der Waals surface area contributed by atoms with Gasteiger partial charge in [-0.2, -0.15) is 13.2 Å². The summed E-state index contributed by atoms with van der Waals surface area (Å²) in [6.07, 6.45) is -4.66. The van der Waals surface area contributed by atoms with Gasteiger partial charge in [0.05, 0.1) is 41.1 Å². The van der Waals surface area contributed by atoms with E-state index in [4.69, 9.17) is 21.1 Å². The second-order valence-electron chi connectivity index (χ2n) is 6.53. The summed E-state index contributed by atoms with van der Waals surface area (Å²) in [6.45, 7) is -0.232. The fraction of sp³-hybridized carbons (Fsp3) is 0.389. The van der Waals surface area contributed by atoms with Crippen LogP contribution in [0.1, 0.15) is 17.0 Å². The van der Waals surface area contributed by atoms with Gasteiger partial charge in [0, 0.05) is 11.5 Å². The Morgan fingerprint density at radius 3 is 2.52 bits per heavy atom. The van der Waals surface area contributed by atoms with Gasteiger partial charge in [-0.3, -0.25) is 14.6 Å². The fourth-order valence-corrected chi connectivity index (χ4v) is 3.98. The molecule has 1 aromatic rings. The molecule has 1 aromatic carbocycles. The predicted molar refractivity (Wildman–Crippen MR) is 88.8 cm³/mol. The molecule has 1 saturated heterocycles. The first-order valence-corrected chi connectivity index (χ1v) is 8.53. The second-order valence-corrected chi connectivity index (χ2v) is 6.94. The van der Waals surface area contributed by atoms with Crippen LogP contribution in [0, 0.1) is 5.92 Å². The van der Waals surface area contributed by atoms with Crippen molar-refractivity contribution in [3.63, 3.8) is 0 Å². The monoisotopic (exact) mass is 399 g/mol. The van der Waals surface area contributed by atoms with E-state index in [1.807, 2.05) is 0 Å². The molecule has 5 nitrogen and oxygen atoms in total. The van der Waals surface area contributed by atoms with Crippen molar-refractivity contribution in [1.29, 1.82) is 0 Å². The van der Waals surface area contributed by atoms with Crippen molar-refractivity contribution in [2.24, 2.45) is 10.9 Å². The van der Waals surface area contributed by atoms with Gasteiger partial charge in [-0.1, -0.05) is 17.7 Å². The van der Waals surface area contributed by atoms with Crippen LogP contribution in [0.5, 0.6) is 0 Å². The van der Waals surface area contributed by atoms with Gasteiger partial charge in [0.2, 0.25) is 0 Å². The zero-order valence-electron chi connectivity index (χ0n) is 13.8. The Bertz CT molecular complexity index is 906. The van der Waals surface area contributed by atoms with Gasteiger partial charge in [-0.05, 0) is 17.7 Å². The third kappa shape index (κ3) is 3.11. The first kappa shape index (κ1) is 18.3. The van der Waals surface area contributed by atoms with Crippen molar-refractivity contribution < 1.29 is 32.2 Å². The third-order valence-electron chi connectivity index (χ3n) is 4.86.